The lowest BCUT2D eigenvalue weighted by Crippen LogP contribution is -2.30. The van der Waals surface area contributed by atoms with Gasteiger partial charge in [-0.05, 0) is 24.7 Å². The Morgan fingerprint density at radius 3 is 3.00 bits per heavy atom. The minimum Gasteiger partial charge on any atom is -0.366 e. The average molecular weight is 311 g/mol. The van der Waals surface area contributed by atoms with Crippen molar-refractivity contribution >= 4 is 11.7 Å². The van der Waals surface area contributed by atoms with Gasteiger partial charge in [0.25, 0.3) is 0 Å². The summed E-state index contributed by atoms with van der Waals surface area (Å²) in [5.41, 5.74) is 9.23. The lowest BCUT2D eigenvalue weighted by molar-refractivity contribution is 0.1000. The maximum absolute atomic E-state index is 11.3. The van der Waals surface area contributed by atoms with Gasteiger partial charge in [0.1, 0.15) is 12.1 Å². The third kappa shape index (κ3) is 3.32. The lowest BCUT2D eigenvalue weighted by atomic mass is 10.1. The number of carbonyl (C=O) groups is 1. The van der Waals surface area contributed by atoms with E-state index >= 15 is 0 Å². The highest BCUT2D eigenvalue weighted by Gasteiger charge is 2.20. The van der Waals surface area contributed by atoms with Gasteiger partial charge in [-0.15, -0.1) is 0 Å². The highest BCUT2D eigenvalue weighted by molar-refractivity contribution is 5.92. The van der Waals surface area contributed by atoms with Gasteiger partial charge >= 0.3 is 0 Å². The fourth-order valence-electron chi connectivity index (χ4n) is 2.96. The van der Waals surface area contributed by atoms with Crippen molar-refractivity contribution < 1.29 is 4.79 Å². The topological polar surface area (TPSA) is 75.3 Å². The van der Waals surface area contributed by atoms with Crippen molar-refractivity contribution in [2.75, 3.05) is 25.5 Å². The normalized spacial score (nSPS) is 14.3. The number of amides is 1. The van der Waals surface area contributed by atoms with Crippen LogP contribution in [0.15, 0.2) is 30.6 Å². The van der Waals surface area contributed by atoms with E-state index in [1.54, 1.807) is 12.4 Å². The van der Waals surface area contributed by atoms with Crippen molar-refractivity contribution in [1.29, 1.82) is 0 Å². The van der Waals surface area contributed by atoms with E-state index in [2.05, 4.69) is 26.8 Å². The van der Waals surface area contributed by atoms with Gasteiger partial charge in [-0.1, -0.05) is 12.1 Å². The molecule has 0 bridgehead atoms. The molecule has 23 heavy (non-hydrogen) atoms. The van der Waals surface area contributed by atoms with Crippen LogP contribution >= 0.6 is 0 Å². The number of nitrogens with zero attached hydrogens (tertiary/aromatic N) is 4. The molecular formula is C17H21N5O. The molecule has 120 valence electrons. The van der Waals surface area contributed by atoms with E-state index in [0.717, 1.165) is 36.6 Å². The first-order valence-corrected chi connectivity index (χ1v) is 7.66. The molecule has 1 aromatic carbocycles. The monoisotopic (exact) mass is 311 g/mol. The largest absolute Gasteiger partial charge is 0.366 e. The quantitative estimate of drug-likeness (QED) is 0.918. The van der Waals surface area contributed by atoms with E-state index in [9.17, 15) is 4.79 Å². The molecule has 0 radical (unpaired) electrons. The van der Waals surface area contributed by atoms with E-state index in [0.29, 0.717) is 12.1 Å². The Hall–Kier alpha value is -2.47. The van der Waals surface area contributed by atoms with Gasteiger partial charge in [-0.3, -0.25) is 4.79 Å². The number of hydrogen-bond donors (Lipinski definition) is 1. The maximum Gasteiger partial charge on any atom is 0.248 e. The average Bonchev–Trinajstić information content (AvgIpc) is 2.54. The molecule has 1 aromatic heterocycles. The highest BCUT2D eigenvalue weighted by Crippen LogP contribution is 2.25. The van der Waals surface area contributed by atoms with Gasteiger partial charge in [0.2, 0.25) is 5.91 Å². The molecule has 3 rings (SSSR count). The molecule has 6 nitrogen and oxygen atoms in total. The number of hydrogen-bond acceptors (Lipinski definition) is 5. The Morgan fingerprint density at radius 2 is 2.22 bits per heavy atom. The molecule has 1 aliphatic rings. The number of benzene rings is 1. The van der Waals surface area contributed by atoms with Crippen LogP contribution in [0.25, 0.3) is 0 Å². The number of nitrogens with two attached hydrogens (primary N) is 1. The summed E-state index contributed by atoms with van der Waals surface area (Å²) in [6.45, 7) is 2.54. The third-order valence-corrected chi connectivity index (χ3v) is 4.16. The standard InChI is InChI=1S/C17H21N5O/c1-21-7-6-15-14(10-21)17(20-11-19-15)22(2)9-12-4-3-5-13(8-12)16(18)23/h3-5,8,11H,6-7,9-10H2,1-2H3,(H2,18,23). The first kappa shape index (κ1) is 15.4. The van der Waals surface area contributed by atoms with Gasteiger partial charge in [0, 0.05) is 44.2 Å². The second-order valence-corrected chi connectivity index (χ2v) is 6.03. The predicted octanol–water partition coefficient (Wildman–Crippen LogP) is 1.20. The first-order chi connectivity index (χ1) is 11.0. The molecule has 0 atom stereocenters. The smallest absolute Gasteiger partial charge is 0.248 e. The minimum absolute atomic E-state index is 0.407. The van der Waals surface area contributed by atoms with Crippen LogP contribution in [-0.2, 0) is 19.5 Å². The van der Waals surface area contributed by atoms with Crippen molar-refractivity contribution in [3.8, 4) is 0 Å². The van der Waals surface area contributed by atoms with Gasteiger partial charge in [-0.2, -0.15) is 0 Å². The Morgan fingerprint density at radius 1 is 1.39 bits per heavy atom. The van der Waals surface area contributed by atoms with Gasteiger partial charge < -0.3 is 15.5 Å². The number of fused-ring (bicyclic) bond motifs is 1. The maximum atomic E-state index is 11.3. The zero-order valence-corrected chi connectivity index (χ0v) is 13.5. The van der Waals surface area contributed by atoms with Gasteiger partial charge in [-0.25, -0.2) is 9.97 Å². The molecule has 1 aliphatic heterocycles. The van der Waals surface area contributed by atoms with Crippen LogP contribution in [0.4, 0.5) is 5.82 Å². The number of primary amides is 1. The van der Waals surface area contributed by atoms with Crippen molar-refractivity contribution in [2.24, 2.45) is 5.73 Å². The molecule has 0 saturated heterocycles. The lowest BCUT2D eigenvalue weighted by Gasteiger charge is -2.28. The Bertz CT molecular complexity index is 731. The van der Waals surface area contributed by atoms with Crippen LogP contribution in [-0.4, -0.2) is 41.4 Å². The van der Waals surface area contributed by atoms with E-state index in [-0.39, 0.29) is 0 Å². The van der Waals surface area contributed by atoms with E-state index in [4.69, 9.17) is 5.73 Å². The second kappa shape index (κ2) is 6.34. The Kier molecular flexibility index (Phi) is 4.25. The van der Waals surface area contributed by atoms with Crippen molar-refractivity contribution in [1.82, 2.24) is 14.9 Å². The van der Waals surface area contributed by atoms with Crippen LogP contribution < -0.4 is 10.6 Å². The summed E-state index contributed by atoms with van der Waals surface area (Å²) in [4.78, 5) is 24.6. The van der Waals surface area contributed by atoms with Crippen molar-refractivity contribution in [2.45, 2.75) is 19.5 Å². The number of aromatic nitrogens is 2. The highest BCUT2D eigenvalue weighted by atomic mass is 16.1. The van der Waals surface area contributed by atoms with Crippen LogP contribution in [0.2, 0.25) is 0 Å². The van der Waals surface area contributed by atoms with E-state index in [1.165, 1.54) is 5.56 Å². The molecule has 1 amide bonds. The fraction of sp³-hybridized carbons (Fsp3) is 0.353. The molecule has 0 fully saturated rings. The third-order valence-electron chi connectivity index (χ3n) is 4.16. The van der Waals surface area contributed by atoms with Crippen molar-refractivity contribution in [3.63, 3.8) is 0 Å². The number of anilines is 1. The zero-order valence-electron chi connectivity index (χ0n) is 13.5. The summed E-state index contributed by atoms with van der Waals surface area (Å²) in [7, 11) is 4.12. The van der Waals surface area contributed by atoms with Gasteiger partial charge in [0.05, 0.1) is 5.69 Å². The van der Waals surface area contributed by atoms with Crippen LogP contribution in [0.3, 0.4) is 0 Å². The molecule has 2 aromatic rings. The summed E-state index contributed by atoms with van der Waals surface area (Å²) in [6.07, 6.45) is 2.59. The van der Waals surface area contributed by atoms with E-state index < -0.39 is 5.91 Å². The molecule has 2 heterocycles. The number of carbonyl (C=O) groups excluding carboxylic acids is 1. The summed E-state index contributed by atoms with van der Waals surface area (Å²) >= 11 is 0. The second-order valence-electron chi connectivity index (χ2n) is 6.03. The van der Waals surface area contributed by atoms with Gasteiger partial charge in [0.15, 0.2) is 0 Å². The SMILES string of the molecule is CN1CCc2ncnc(N(C)Cc3cccc(C(N)=O)c3)c2C1. The molecule has 0 aliphatic carbocycles. The van der Waals surface area contributed by atoms with Crippen LogP contribution in [0, 0.1) is 0 Å². The number of likely N-dealkylation sites (N-methyl/N-ethyl adjacent to an activating group) is 1. The minimum atomic E-state index is -0.407. The molecule has 0 unspecified atom stereocenters. The Balaban J connectivity index is 1.85. The summed E-state index contributed by atoms with van der Waals surface area (Å²) < 4.78 is 0. The van der Waals surface area contributed by atoms with Crippen molar-refractivity contribution in [3.05, 3.63) is 53.0 Å². The van der Waals surface area contributed by atoms with Crippen LogP contribution in [0.1, 0.15) is 27.2 Å². The summed E-state index contributed by atoms with van der Waals surface area (Å²) in [6, 6.07) is 7.40. The predicted molar refractivity (Wildman–Crippen MR) is 89.1 cm³/mol. The number of rotatable bonds is 4. The molecule has 2 N–H and O–H groups in total. The van der Waals surface area contributed by atoms with Crippen LogP contribution in [0.5, 0.6) is 0 Å². The first-order valence-electron chi connectivity index (χ1n) is 7.66. The molecule has 0 saturated carbocycles. The molecule has 0 spiro atoms. The zero-order chi connectivity index (χ0) is 16.4. The Labute approximate surface area is 135 Å². The van der Waals surface area contributed by atoms with E-state index in [1.807, 2.05) is 25.2 Å². The summed E-state index contributed by atoms with van der Waals surface area (Å²) in [5, 5.41) is 0. The summed E-state index contributed by atoms with van der Waals surface area (Å²) in [5.74, 6) is 0.543. The fourth-order valence-corrected chi connectivity index (χ4v) is 2.96. The molecular weight excluding hydrogens is 290 g/mol. The molecule has 6 heteroatoms.